The summed E-state index contributed by atoms with van der Waals surface area (Å²) >= 11 is 5.81. The molecule has 0 aromatic heterocycles. The van der Waals surface area contributed by atoms with Gasteiger partial charge in [0.15, 0.2) is 0 Å². The van der Waals surface area contributed by atoms with Gasteiger partial charge in [-0.1, -0.05) is 23.4 Å². The van der Waals surface area contributed by atoms with Gasteiger partial charge in [0, 0.05) is 10.6 Å². The summed E-state index contributed by atoms with van der Waals surface area (Å²) in [6.45, 7) is 5.30. The second-order valence-electron chi connectivity index (χ2n) is 5.15. The Morgan fingerprint density at radius 2 is 2.05 bits per heavy atom. The fourth-order valence-corrected chi connectivity index (χ4v) is 1.55. The molecule has 0 fully saturated rings. The number of alkyl carbamates (subject to hydrolysis) is 1. The molecule has 1 aromatic rings. The van der Waals surface area contributed by atoms with Gasteiger partial charge in [-0.25, -0.2) is 9.59 Å². The molecular weight excluding hydrogens is 294 g/mol. The van der Waals surface area contributed by atoms with Gasteiger partial charge in [0.25, 0.3) is 0 Å². The number of hydrogen-bond acceptors (Lipinski definition) is 3. The lowest BCUT2D eigenvalue weighted by atomic mass is 10.1. The third kappa shape index (κ3) is 6.19. The number of hydrogen-bond donors (Lipinski definition) is 2. The highest BCUT2D eigenvalue weighted by Gasteiger charge is 2.15. The van der Waals surface area contributed by atoms with Crippen molar-refractivity contribution in [2.45, 2.75) is 26.4 Å². The van der Waals surface area contributed by atoms with E-state index in [1.807, 2.05) is 0 Å². The van der Waals surface area contributed by atoms with Crippen LogP contribution >= 0.6 is 11.6 Å². The maximum Gasteiger partial charge on any atom is 0.408 e. The van der Waals surface area contributed by atoms with E-state index in [-0.39, 0.29) is 12.1 Å². The Bertz CT molecular complexity index is 608. The number of carboxylic acid groups (broad SMARTS) is 1. The molecule has 0 saturated carbocycles. The van der Waals surface area contributed by atoms with E-state index in [0.717, 1.165) is 0 Å². The number of ether oxygens (including phenoxy) is 1. The third-order valence-electron chi connectivity index (χ3n) is 2.16. The van der Waals surface area contributed by atoms with Gasteiger partial charge in [-0.15, -0.1) is 0 Å². The van der Waals surface area contributed by atoms with Gasteiger partial charge in [0.2, 0.25) is 0 Å². The van der Waals surface area contributed by atoms with Crippen LogP contribution in [0.5, 0.6) is 0 Å². The van der Waals surface area contributed by atoms with Crippen molar-refractivity contribution in [3.63, 3.8) is 0 Å². The van der Waals surface area contributed by atoms with Crippen molar-refractivity contribution in [3.8, 4) is 11.8 Å². The molecular formula is C15H16ClNO4. The molecule has 5 nitrogen and oxygen atoms in total. The Morgan fingerprint density at radius 1 is 1.38 bits per heavy atom. The molecule has 0 spiro atoms. The summed E-state index contributed by atoms with van der Waals surface area (Å²) in [4.78, 5) is 22.4. The van der Waals surface area contributed by atoms with Gasteiger partial charge in [-0.2, -0.15) is 0 Å². The number of benzene rings is 1. The molecule has 0 saturated heterocycles. The summed E-state index contributed by atoms with van der Waals surface area (Å²) in [7, 11) is 0. The number of amides is 1. The fourth-order valence-electron chi connectivity index (χ4n) is 1.38. The number of nitrogens with one attached hydrogen (secondary N) is 1. The number of aromatic carboxylic acids is 1. The molecule has 1 amide bonds. The number of rotatable bonds is 2. The van der Waals surface area contributed by atoms with Crippen molar-refractivity contribution in [1.82, 2.24) is 5.32 Å². The van der Waals surface area contributed by atoms with Crippen molar-refractivity contribution < 1.29 is 19.4 Å². The standard InChI is InChI=1S/C15H16ClNO4/c1-15(2,3)21-14(20)17-8-4-5-10-9-11(16)6-7-12(10)13(18)19/h6-7,9H,8H2,1-3H3,(H,17,20)(H,18,19). The van der Waals surface area contributed by atoms with Crippen molar-refractivity contribution in [1.29, 1.82) is 0 Å². The van der Waals surface area contributed by atoms with Crippen LogP contribution < -0.4 is 5.32 Å². The second-order valence-corrected chi connectivity index (χ2v) is 5.59. The molecule has 0 radical (unpaired) electrons. The maximum atomic E-state index is 11.4. The molecule has 21 heavy (non-hydrogen) atoms. The quantitative estimate of drug-likeness (QED) is 0.824. The van der Waals surface area contributed by atoms with Crippen LogP contribution in [0, 0.1) is 11.8 Å². The third-order valence-corrected chi connectivity index (χ3v) is 2.39. The predicted octanol–water partition coefficient (Wildman–Crippen LogP) is 2.91. The minimum absolute atomic E-state index is 0.0421. The lowest BCUT2D eigenvalue weighted by Gasteiger charge is -2.19. The highest BCUT2D eigenvalue weighted by Crippen LogP contribution is 2.15. The van der Waals surface area contributed by atoms with Gasteiger partial charge in [0.05, 0.1) is 12.1 Å². The van der Waals surface area contributed by atoms with Gasteiger partial charge >= 0.3 is 12.1 Å². The summed E-state index contributed by atoms with van der Waals surface area (Å²) < 4.78 is 5.04. The first kappa shape index (κ1) is 16.9. The predicted molar refractivity (Wildman–Crippen MR) is 79.5 cm³/mol. The van der Waals surface area contributed by atoms with E-state index in [0.29, 0.717) is 10.6 Å². The van der Waals surface area contributed by atoms with Gasteiger partial charge < -0.3 is 15.2 Å². The van der Waals surface area contributed by atoms with E-state index in [9.17, 15) is 9.59 Å². The zero-order chi connectivity index (χ0) is 16.0. The first-order chi connectivity index (χ1) is 9.69. The Balaban J connectivity index is 2.69. The number of carboxylic acids is 1. The maximum absolute atomic E-state index is 11.4. The van der Waals surface area contributed by atoms with E-state index in [1.54, 1.807) is 20.8 Å². The van der Waals surface area contributed by atoms with E-state index in [1.165, 1.54) is 18.2 Å². The zero-order valence-corrected chi connectivity index (χ0v) is 12.7. The van der Waals surface area contributed by atoms with Crippen LogP contribution in [-0.4, -0.2) is 29.3 Å². The first-order valence-corrected chi connectivity index (χ1v) is 6.55. The van der Waals surface area contributed by atoms with Gasteiger partial charge in [-0.3, -0.25) is 0 Å². The molecule has 1 rings (SSSR count). The molecule has 0 heterocycles. The molecule has 0 aliphatic heterocycles. The zero-order valence-electron chi connectivity index (χ0n) is 12.0. The molecule has 0 aliphatic rings. The van der Waals surface area contributed by atoms with Gasteiger partial charge in [0.1, 0.15) is 5.60 Å². The van der Waals surface area contributed by atoms with Crippen LogP contribution in [0.25, 0.3) is 0 Å². The van der Waals surface area contributed by atoms with Crippen molar-refractivity contribution in [3.05, 3.63) is 34.3 Å². The minimum atomic E-state index is -1.09. The summed E-state index contributed by atoms with van der Waals surface area (Å²) in [6.07, 6.45) is -0.582. The Kier molecular flexibility index (Phi) is 5.62. The van der Waals surface area contributed by atoms with Crippen LogP contribution in [0.3, 0.4) is 0 Å². The van der Waals surface area contributed by atoms with Crippen molar-refractivity contribution in [2.24, 2.45) is 0 Å². The highest BCUT2D eigenvalue weighted by atomic mass is 35.5. The van der Waals surface area contributed by atoms with Crippen molar-refractivity contribution in [2.75, 3.05) is 6.54 Å². The molecule has 2 N–H and O–H groups in total. The summed E-state index contributed by atoms with van der Waals surface area (Å²) in [6, 6.07) is 4.33. The van der Waals surface area contributed by atoms with Crippen LogP contribution in [0.2, 0.25) is 5.02 Å². The van der Waals surface area contributed by atoms with Crippen LogP contribution in [-0.2, 0) is 4.74 Å². The SMILES string of the molecule is CC(C)(C)OC(=O)NCC#Cc1cc(Cl)ccc1C(=O)O. The molecule has 0 atom stereocenters. The minimum Gasteiger partial charge on any atom is -0.478 e. The summed E-state index contributed by atoms with van der Waals surface area (Å²) in [5, 5.41) is 11.9. The Hall–Kier alpha value is -2.19. The Labute approximate surface area is 128 Å². The fraction of sp³-hybridized carbons (Fsp3) is 0.333. The van der Waals surface area contributed by atoms with Crippen molar-refractivity contribution >= 4 is 23.7 Å². The van der Waals surface area contributed by atoms with E-state index in [4.69, 9.17) is 21.4 Å². The molecule has 0 aliphatic carbocycles. The molecule has 6 heteroatoms. The molecule has 112 valence electrons. The van der Waals surface area contributed by atoms with Gasteiger partial charge in [-0.05, 0) is 39.0 Å². The first-order valence-electron chi connectivity index (χ1n) is 6.17. The summed E-state index contributed by atoms with van der Waals surface area (Å²) in [5.41, 5.74) is -0.230. The number of carbonyl (C=O) groups excluding carboxylic acids is 1. The number of carbonyl (C=O) groups is 2. The van der Waals surface area contributed by atoms with E-state index < -0.39 is 17.7 Å². The summed E-state index contributed by atoms with van der Waals surface area (Å²) in [5.74, 6) is 4.24. The highest BCUT2D eigenvalue weighted by molar-refractivity contribution is 6.30. The average Bonchev–Trinajstić information content (AvgIpc) is 2.32. The van der Waals surface area contributed by atoms with Crippen LogP contribution in [0.1, 0.15) is 36.7 Å². The van der Waals surface area contributed by atoms with E-state index in [2.05, 4.69) is 17.2 Å². The monoisotopic (exact) mass is 309 g/mol. The lowest BCUT2D eigenvalue weighted by Crippen LogP contribution is -2.32. The van der Waals surface area contributed by atoms with Crippen LogP contribution in [0.15, 0.2) is 18.2 Å². The number of halogens is 1. The largest absolute Gasteiger partial charge is 0.478 e. The Morgan fingerprint density at radius 3 is 2.62 bits per heavy atom. The normalized spacial score (nSPS) is 10.3. The second kappa shape index (κ2) is 7.00. The van der Waals surface area contributed by atoms with Crippen LogP contribution in [0.4, 0.5) is 4.79 Å². The molecule has 0 unspecified atom stereocenters. The smallest absolute Gasteiger partial charge is 0.408 e. The van der Waals surface area contributed by atoms with E-state index >= 15 is 0 Å². The molecule has 0 bridgehead atoms. The lowest BCUT2D eigenvalue weighted by molar-refractivity contribution is 0.0534. The average molecular weight is 310 g/mol. The topological polar surface area (TPSA) is 75.6 Å². The molecule has 1 aromatic carbocycles.